The molecule has 0 bridgehead atoms. The second-order valence-electron chi connectivity index (χ2n) is 9.30. The van der Waals surface area contributed by atoms with Crippen LogP contribution in [0, 0.1) is 5.92 Å². The van der Waals surface area contributed by atoms with E-state index in [9.17, 15) is 5.11 Å². The highest BCUT2D eigenvalue weighted by Crippen LogP contribution is 2.30. The third-order valence-electron chi connectivity index (χ3n) is 7.16. The lowest BCUT2D eigenvalue weighted by atomic mass is 9.88. The first kappa shape index (κ1) is 25.5. The van der Waals surface area contributed by atoms with Crippen molar-refractivity contribution in [3.63, 3.8) is 0 Å². The summed E-state index contributed by atoms with van der Waals surface area (Å²) < 4.78 is 5.27. The monoisotopic (exact) mass is 521 g/mol. The quantitative estimate of drug-likeness (QED) is 0.478. The molecule has 4 rings (SSSR count). The molecule has 2 aromatic carbocycles. The predicted octanol–water partition coefficient (Wildman–Crippen LogP) is 5.65. The molecular weight excluding hydrogens is 489 g/mol. The number of thiocarbonyl (C=S) groups is 1. The number of ether oxygens (including phenoxy) is 1. The Balaban J connectivity index is 1.19. The van der Waals surface area contributed by atoms with Gasteiger partial charge in [-0.3, -0.25) is 0 Å². The van der Waals surface area contributed by atoms with Crippen molar-refractivity contribution in [2.24, 2.45) is 5.92 Å². The number of nitrogens with zero attached hydrogens (tertiary/aromatic N) is 2. The molecule has 0 amide bonds. The van der Waals surface area contributed by atoms with Crippen LogP contribution >= 0.6 is 35.4 Å². The summed E-state index contributed by atoms with van der Waals surface area (Å²) in [5, 5.41) is 15.9. The highest BCUT2D eigenvalue weighted by Gasteiger charge is 2.29. The minimum atomic E-state index is -0.295. The summed E-state index contributed by atoms with van der Waals surface area (Å²) in [4.78, 5) is 4.59. The van der Waals surface area contributed by atoms with Crippen molar-refractivity contribution in [3.8, 4) is 5.75 Å². The van der Waals surface area contributed by atoms with Gasteiger partial charge in [0.25, 0.3) is 0 Å². The lowest BCUT2D eigenvalue weighted by molar-refractivity contribution is 0.0343. The molecule has 34 heavy (non-hydrogen) atoms. The molecule has 2 aromatic rings. The maximum absolute atomic E-state index is 10.9. The summed E-state index contributed by atoms with van der Waals surface area (Å²) in [6.07, 6.45) is 3.84. The molecule has 2 aliphatic rings. The summed E-state index contributed by atoms with van der Waals surface area (Å²) >= 11 is 17.7. The fourth-order valence-electron chi connectivity index (χ4n) is 5.00. The SMILES string of the molecule is COc1ccc(C2CCN(CC(O)C3CCN(C(=S)Nc4ccc(Cl)c(Cl)c4)CC3)CC2)cc1. The molecule has 8 heteroatoms. The zero-order valence-corrected chi connectivity index (χ0v) is 21.9. The molecule has 2 heterocycles. The van der Waals surface area contributed by atoms with Gasteiger partial charge in [0.05, 0.1) is 23.3 Å². The molecule has 0 saturated carbocycles. The van der Waals surface area contributed by atoms with Crippen LogP contribution in [0.25, 0.3) is 0 Å². The Morgan fingerprint density at radius 3 is 2.32 bits per heavy atom. The number of piperidine rings is 2. The molecule has 2 aliphatic heterocycles. The van der Waals surface area contributed by atoms with Gasteiger partial charge in [-0.25, -0.2) is 0 Å². The van der Waals surface area contributed by atoms with Gasteiger partial charge >= 0.3 is 0 Å². The van der Waals surface area contributed by atoms with E-state index in [0.29, 0.717) is 27.0 Å². The number of rotatable bonds is 6. The van der Waals surface area contributed by atoms with Crippen LogP contribution in [-0.2, 0) is 0 Å². The molecule has 2 N–H and O–H groups in total. The van der Waals surface area contributed by atoms with Crippen molar-refractivity contribution < 1.29 is 9.84 Å². The topological polar surface area (TPSA) is 48.0 Å². The largest absolute Gasteiger partial charge is 0.497 e. The standard InChI is InChI=1S/C26H33Cl2N3O2S/c1-33-22-5-2-18(3-6-22)19-8-12-30(13-9-19)17-25(32)20-10-14-31(15-11-20)26(34)29-21-4-7-23(27)24(28)16-21/h2-7,16,19-20,25,32H,8-15,17H2,1H3,(H,29,34). The van der Waals surface area contributed by atoms with Crippen LogP contribution in [0.15, 0.2) is 42.5 Å². The summed E-state index contributed by atoms with van der Waals surface area (Å²) in [5.41, 5.74) is 2.22. The van der Waals surface area contributed by atoms with Crippen LogP contribution in [0.3, 0.4) is 0 Å². The third-order valence-corrected chi connectivity index (χ3v) is 8.26. The van der Waals surface area contributed by atoms with Crippen molar-refractivity contribution in [1.82, 2.24) is 9.80 Å². The molecule has 0 aromatic heterocycles. The van der Waals surface area contributed by atoms with Crippen LogP contribution < -0.4 is 10.1 Å². The van der Waals surface area contributed by atoms with Gasteiger partial charge < -0.3 is 25.0 Å². The number of aliphatic hydroxyl groups excluding tert-OH is 1. The van der Waals surface area contributed by atoms with Crippen molar-refractivity contribution >= 4 is 46.2 Å². The van der Waals surface area contributed by atoms with Gasteiger partial charge in [-0.05, 0) is 98.7 Å². The van der Waals surface area contributed by atoms with Gasteiger partial charge in [0.2, 0.25) is 0 Å². The first-order chi connectivity index (χ1) is 16.4. The maximum atomic E-state index is 10.9. The minimum Gasteiger partial charge on any atom is -0.497 e. The lowest BCUT2D eigenvalue weighted by Crippen LogP contribution is -2.46. The molecule has 0 radical (unpaired) electrons. The zero-order chi connectivity index (χ0) is 24.1. The number of hydrogen-bond donors (Lipinski definition) is 2. The highest BCUT2D eigenvalue weighted by molar-refractivity contribution is 7.80. The van der Waals surface area contributed by atoms with Gasteiger partial charge in [0, 0.05) is 25.3 Å². The van der Waals surface area contributed by atoms with Gasteiger partial charge in [0.15, 0.2) is 5.11 Å². The van der Waals surface area contributed by atoms with Crippen molar-refractivity contribution in [2.75, 3.05) is 45.2 Å². The number of hydrogen-bond acceptors (Lipinski definition) is 4. The Morgan fingerprint density at radius 1 is 1.03 bits per heavy atom. The van der Waals surface area contributed by atoms with E-state index in [1.807, 2.05) is 18.2 Å². The van der Waals surface area contributed by atoms with E-state index >= 15 is 0 Å². The van der Waals surface area contributed by atoms with E-state index in [4.69, 9.17) is 40.2 Å². The maximum Gasteiger partial charge on any atom is 0.173 e. The number of halogens is 2. The van der Waals surface area contributed by atoms with Crippen molar-refractivity contribution in [3.05, 3.63) is 58.1 Å². The van der Waals surface area contributed by atoms with Crippen LogP contribution in [-0.4, -0.2) is 66.0 Å². The molecule has 1 atom stereocenters. The van der Waals surface area contributed by atoms with Crippen LogP contribution in [0.2, 0.25) is 10.0 Å². The van der Waals surface area contributed by atoms with Crippen LogP contribution in [0.4, 0.5) is 5.69 Å². The average molecular weight is 523 g/mol. The first-order valence-corrected chi connectivity index (χ1v) is 13.1. The molecular formula is C26H33Cl2N3O2S. The molecule has 184 valence electrons. The van der Waals surface area contributed by atoms with Gasteiger partial charge in [0.1, 0.15) is 5.75 Å². The molecule has 2 fully saturated rings. The van der Waals surface area contributed by atoms with E-state index in [-0.39, 0.29) is 6.10 Å². The Kier molecular flexibility index (Phi) is 8.94. The zero-order valence-electron chi connectivity index (χ0n) is 19.6. The molecule has 0 spiro atoms. The van der Waals surface area contributed by atoms with Gasteiger partial charge in [-0.1, -0.05) is 35.3 Å². The molecule has 5 nitrogen and oxygen atoms in total. The van der Waals surface area contributed by atoms with Crippen LogP contribution in [0.5, 0.6) is 5.75 Å². The fraction of sp³-hybridized carbons (Fsp3) is 0.500. The minimum absolute atomic E-state index is 0.295. The number of methoxy groups -OCH3 is 1. The average Bonchev–Trinajstić information content (AvgIpc) is 2.87. The summed E-state index contributed by atoms with van der Waals surface area (Å²) in [7, 11) is 1.70. The van der Waals surface area contributed by atoms with E-state index in [0.717, 1.165) is 69.8 Å². The van der Waals surface area contributed by atoms with Crippen LogP contribution in [0.1, 0.15) is 37.2 Å². The number of nitrogens with one attached hydrogen (secondary N) is 1. The Labute approximate surface area is 218 Å². The van der Waals surface area contributed by atoms with E-state index in [2.05, 4.69) is 27.2 Å². The predicted molar refractivity (Wildman–Crippen MR) is 144 cm³/mol. The first-order valence-electron chi connectivity index (χ1n) is 12.0. The number of likely N-dealkylation sites (tertiary alicyclic amines) is 2. The number of benzene rings is 2. The Hall–Kier alpha value is -1.57. The summed E-state index contributed by atoms with van der Waals surface area (Å²) in [5.74, 6) is 1.80. The normalized spacial score (nSPS) is 19.1. The smallest absolute Gasteiger partial charge is 0.173 e. The Bertz CT molecular complexity index is 959. The number of anilines is 1. The number of β-amino-alcohol motifs (C(OH)–C–C–N with tert-alkyl or cyclic N) is 1. The second kappa shape index (κ2) is 11.9. The van der Waals surface area contributed by atoms with Gasteiger partial charge in [-0.15, -0.1) is 0 Å². The lowest BCUT2D eigenvalue weighted by Gasteiger charge is -2.38. The second-order valence-corrected chi connectivity index (χ2v) is 10.5. The molecule has 2 saturated heterocycles. The van der Waals surface area contributed by atoms with E-state index in [1.165, 1.54) is 5.56 Å². The third kappa shape index (κ3) is 6.55. The van der Waals surface area contributed by atoms with E-state index < -0.39 is 0 Å². The number of aliphatic hydroxyl groups is 1. The summed E-state index contributed by atoms with van der Waals surface area (Å²) in [6, 6.07) is 13.9. The van der Waals surface area contributed by atoms with Gasteiger partial charge in [-0.2, -0.15) is 0 Å². The van der Waals surface area contributed by atoms with Crippen molar-refractivity contribution in [1.29, 1.82) is 0 Å². The van der Waals surface area contributed by atoms with E-state index in [1.54, 1.807) is 19.2 Å². The Morgan fingerprint density at radius 2 is 1.71 bits per heavy atom. The highest BCUT2D eigenvalue weighted by atomic mass is 35.5. The molecule has 0 aliphatic carbocycles. The molecule has 1 unspecified atom stereocenters. The van der Waals surface area contributed by atoms with Crippen molar-refractivity contribution in [2.45, 2.75) is 37.7 Å². The fourth-order valence-corrected chi connectivity index (χ4v) is 5.60. The summed E-state index contributed by atoms with van der Waals surface area (Å²) in [6.45, 7) is 4.50.